The number of H-pyrrole nitrogens is 1. The van der Waals surface area contributed by atoms with E-state index in [4.69, 9.17) is 23.2 Å². The molecule has 0 fully saturated rings. The minimum absolute atomic E-state index is 0.0830. The number of nitrogens with zero attached hydrogens (tertiary/aromatic N) is 2. The summed E-state index contributed by atoms with van der Waals surface area (Å²) in [6.07, 6.45) is 1.57. The second kappa shape index (κ2) is 6.18. The number of aromatic amines is 1. The Morgan fingerprint density at radius 2 is 2.00 bits per heavy atom. The molecule has 0 saturated heterocycles. The first-order valence-electron chi connectivity index (χ1n) is 7.64. The molecule has 1 aromatic heterocycles. The Morgan fingerprint density at radius 3 is 2.77 bits per heavy atom. The third-order valence-corrected chi connectivity index (χ3v) is 6.34. The fraction of sp³-hybridized carbons (Fsp3) is 0.118. The highest BCUT2D eigenvalue weighted by molar-refractivity contribution is 7.90. The number of hydrogen-bond acceptors (Lipinski definition) is 3. The van der Waals surface area contributed by atoms with E-state index in [1.165, 1.54) is 4.31 Å². The van der Waals surface area contributed by atoms with Crippen molar-refractivity contribution in [3.05, 3.63) is 63.3 Å². The van der Waals surface area contributed by atoms with E-state index in [-0.39, 0.29) is 13.1 Å². The zero-order chi connectivity index (χ0) is 18.5. The zero-order valence-electron chi connectivity index (χ0n) is 13.3. The van der Waals surface area contributed by atoms with Crippen LogP contribution in [0.1, 0.15) is 16.7 Å². The molecule has 0 atom stereocenters. The van der Waals surface area contributed by atoms with Crippen LogP contribution < -0.4 is 4.72 Å². The molecule has 0 bridgehead atoms. The molecule has 2 aromatic carbocycles. The van der Waals surface area contributed by atoms with Crippen LogP contribution in [0.5, 0.6) is 0 Å². The molecular weight excluding hydrogens is 395 g/mol. The first kappa shape index (κ1) is 17.2. The highest BCUT2D eigenvalue weighted by Crippen LogP contribution is 2.40. The van der Waals surface area contributed by atoms with Gasteiger partial charge in [0.05, 0.1) is 32.9 Å². The van der Waals surface area contributed by atoms with E-state index < -0.39 is 10.2 Å². The van der Waals surface area contributed by atoms with Gasteiger partial charge in [-0.05, 0) is 23.3 Å². The predicted molar refractivity (Wildman–Crippen MR) is 101 cm³/mol. The number of nitrogens with one attached hydrogen (secondary N) is 2. The van der Waals surface area contributed by atoms with Crippen LogP contribution in [-0.2, 0) is 23.3 Å². The number of halogens is 2. The molecule has 2 heterocycles. The van der Waals surface area contributed by atoms with Gasteiger partial charge in [0.1, 0.15) is 0 Å². The van der Waals surface area contributed by atoms with Gasteiger partial charge in [-0.3, -0.25) is 4.72 Å². The molecule has 0 unspecified atom stereocenters. The van der Waals surface area contributed by atoms with E-state index in [2.05, 4.69) is 15.8 Å². The Kier molecular flexibility index (Phi) is 4.09. The molecule has 132 valence electrons. The van der Waals surface area contributed by atoms with Crippen molar-refractivity contribution >= 4 is 50.0 Å². The van der Waals surface area contributed by atoms with Crippen molar-refractivity contribution in [3.63, 3.8) is 0 Å². The Bertz CT molecular complexity index is 1180. The topological polar surface area (TPSA) is 89.0 Å². The Hall–Kier alpha value is -2.24. The van der Waals surface area contributed by atoms with Crippen LogP contribution in [0.3, 0.4) is 0 Å². The van der Waals surface area contributed by atoms with Gasteiger partial charge in [0.25, 0.3) is 0 Å². The maximum absolute atomic E-state index is 12.7. The Balaban J connectivity index is 1.79. The lowest BCUT2D eigenvalue weighted by Gasteiger charge is -2.30. The molecule has 1 aliphatic rings. The van der Waals surface area contributed by atoms with E-state index in [9.17, 15) is 13.7 Å². The molecule has 4 rings (SSSR count). The fourth-order valence-electron chi connectivity index (χ4n) is 3.10. The van der Waals surface area contributed by atoms with Crippen molar-refractivity contribution in [1.82, 2.24) is 9.29 Å². The third kappa shape index (κ3) is 2.72. The smallest absolute Gasteiger partial charge is 0.302 e. The van der Waals surface area contributed by atoms with Crippen LogP contribution in [0.25, 0.3) is 10.9 Å². The summed E-state index contributed by atoms with van der Waals surface area (Å²) in [5, 5.41) is 10.7. The average molecular weight is 407 g/mol. The summed E-state index contributed by atoms with van der Waals surface area (Å²) in [6, 6.07) is 10.7. The molecule has 6 nitrogen and oxygen atoms in total. The van der Waals surface area contributed by atoms with Gasteiger partial charge in [-0.2, -0.15) is 18.0 Å². The molecular formula is C17H12Cl2N4O2S. The summed E-state index contributed by atoms with van der Waals surface area (Å²) in [5.41, 5.74) is 2.81. The highest BCUT2D eigenvalue weighted by Gasteiger charge is 2.32. The number of aromatic nitrogens is 1. The minimum atomic E-state index is -3.79. The molecule has 26 heavy (non-hydrogen) atoms. The Morgan fingerprint density at radius 1 is 1.23 bits per heavy atom. The molecule has 0 spiro atoms. The molecule has 2 N–H and O–H groups in total. The summed E-state index contributed by atoms with van der Waals surface area (Å²) in [4.78, 5) is 2.97. The number of fused-ring (bicyclic) bond motifs is 3. The summed E-state index contributed by atoms with van der Waals surface area (Å²) in [5.74, 6) is 0. The van der Waals surface area contributed by atoms with Crippen LogP contribution >= 0.6 is 23.2 Å². The summed E-state index contributed by atoms with van der Waals surface area (Å²) in [6.45, 7) is 0.219. The van der Waals surface area contributed by atoms with Gasteiger partial charge in [-0.25, -0.2) is 0 Å². The van der Waals surface area contributed by atoms with Crippen molar-refractivity contribution < 1.29 is 8.42 Å². The number of nitriles is 1. The second-order valence-electron chi connectivity index (χ2n) is 5.92. The van der Waals surface area contributed by atoms with Crippen LogP contribution in [0.4, 0.5) is 5.69 Å². The second-order valence-corrected chi connectivity index (χ2v) is 8.41. The van der Waals surface area contributed by atoms with Crippen LogP contribution in [0.2, 0.25) is 10.0 Å². The molecule has 3 aromatic rings. The molecule has 1 aliphatic heterocycles. The zero-order valence-corrected chi connectivity index (χ0v) is 15.6. The van der Waals surface area contributed by atoms with Crippen molar-refractivity contribution in [2.45, 2.75) is 13.1 Å². The maximum atomic E-state index is 12.7. The standard InChI is InChI=1S/C17H12Cl2N4O2S/c18-13-5-12-9-23(8-11-4-2-1-3-10(11)6-20)26(24,25)22-16(12)17-15(13)14(19)7-21-17/h1-5,7,21-22H,8-9H2. The van der Waals surface area contributed by atoms with Gasteiger partial charge in [0.15, 0.2) is 0 Å². The van der Waals surface area contributed by atoms with Gasteiger partial charge in [0, 0.05) is 24.7 Å². The largest absolute Gasteiger partial charge is 0.358 e. The number of anilines is 1. The van der Waals surface area contributed by atoms with Gasteiger partial charge in [-0.15, -0.1) is 0 Å². The minimum Gasteiger partial charge on any atom is -0.358 e. The first-order chi connectivity index (χ1) is 12.4. The van der Waals surface area contributed by atoms with Gasteiger partial charge in [-0.1, -0.05) is 41.4 Å². The van der Waals surface area contributed by atoms with Gasteiger partial charge >= 0.3 is 10.2 Å². The van der Waals surface area contributed by atoms with Gasteiger partial charge < -0.3 is 4.98 Å². The first-order valence-corrected chi connectivity index (χ1v) is 9.84. The molecule has 0 aliphatic carbocycles. The average Bonchev–Trinajstić information content (AvgIpc) is 3.00. The number of benzene rings is 2. The lowest BCUT2D eigenvalue weighted by Crippen LogP contribution is -2.39. The lowest BCUT2D eigenvalue weighted by molar-refractivity contribution is 0.400. The molecule has 0 saturated carbocycles. The van der Waals surface area contributed by atoms with Crippen molar-refractivity contribution in [2.24, 2.45) is 0 Å². The normalized spacial score (nSPS) is 16.0. The van der Waals surface area contributed by atoms with E-state index in [1.807, 2.05) is 0 Å². The highest BCUT2D eigenvalue weighted by atomic mass is 35.5. The monoisotopic (exact) mass is 406 g/mol. The van der Waals surface area contributed by atoms with E-state index in [1.54, 1.807) is 36.5 Å². The number of rotatable bonds is 2. The number of hydrogen-bond donors (Lipinski definition) is 2. The molecule has 0 amide bonds. The van der Waals surface area contributed by atoms with Crippen molar-refractivity contribution in [2.75, 3.05) is 4.72 Å². The predicted octanol–water partition coefficient (Wildman–Crippen LogP) is 4.02. The fourth-order valence-corrected chi connectivity index (χ4v) is 4.96. The summed E-state index contributed by atoms with van der Waals surface area (Å²) < 4.78 is 29.3. The summed E-state index contributed by atoms with van der Waals surface area (Å²) in [7, 11) is -3.79. The SMILES string of the molecule is N#Cc1ccccc1CN1Cc2cc(Cl)c3c(Cl)c[nH]c3c2NS1(=O)=O. The van der Waals surface area contributed by atoms with Crippen molar-refractivity contribution in [3.8, 4) is 6.07 Å². The molecule has 0 radical (unpaired) electrons. The summed E-state index contributed by atoms with van der Waals surface area (Å²) >= 11 is 12.5. The van der Waals surface area contributed by atoms with Crippen molar-refractivity contribution in [1.29, 1.82) is 5.26 Å². The van der Waals surface area contributed by atoms with Gasteiger partial charge in [0.2, 0.25) is 0 Å². The quantitative estimate of drug-likeness (QED) is 0.673. The Labute approximate surface area is 160 Å². The molecule has 9 heteroatoms. The van der Waals surface area contributed by atoms with E-state index in [0.29, 0.717) is 37.8 Å². The van der Waals surface area contributed by atoms with E-state index >= 15 is 0 Å². The van der Waals surface area contributed by atoms with Crippen LogP contribution in [0.15, 0.2) is 36.5 Å². The van der Waals surface area contributed by atoms with E-state index in [0.717, 1.165) is 5.56 Å². The maximum Gasteiger partial charge on any atom is 0.302 e. The van der Waals surface area contributed by atoms with Crippen LogP contribution in [-0.4, -0.2) is 17.7 Å². The third-order valence-electron chi connectivity index (χ3n) is 4.35. The van der Waals surface area contributed by atoms with Crippen LogP contribution in [0, 0.1) is 11.3 Å². The lowest BCUT2D eigenvalue weighted by atomic mass is 10.1.